The molecule has 3 aromatic rings. The fraction of sp³-hybridized carbons (Fsp3) is 0.296. The number of carbonyl (C=O) groups is 1. The lowest BCUT2D eigenvalue weighted by atomic mass is 9.92. The lowest BCUT2D eigenvalue weighted by molar-refractivity contribution is -0.127. The molecule has 1 amide bonds. The smallest absolute Gasteiger partial charge is 0.240 e. The average molecular weight is 510 g/mol. The molecule has 36 heavy (non-hydrogen) atoms. The molecule has 0 fully saturated rings. The van der Waals surface area contributed by atoms with Gasteiger partial charge in [-0.15, -0.1) is 0 Å². The van der Waals surface area contributed by atoms with Gasteiger partial charge in [0.1, 0.15) is 0 Å². The summed E-state index contributed by atoms with van der Waals surface area (Å²) in [6, 6.07) is 22.2. The Hall–Kier alpha value is -3.24. The van der Waals surface area contributed by atoms with Crippen molar-refractivity contribution in [1.82, 2.24) is 10.0 Å². The van der Waals surface area contributed by atoms with Gasteiger partial charge in [-0.1, -0.05) is 54.6 Å². The highest BCUT2D eigenvalue weighted by Crippen LogP contribution is 2.32. The molecule has 0 spiro atoms. The van der Waals surface area contributed by atoms with Crippen LogP contribution in [0.4, 0.5) is 5.69 Å². The molecule has 6 N–H and O–H groups in total. The number of fused-ring (bicyclic) bond motifs is 1. The number of aliphatic hydroxyl groups excluding tert-OH is 2. The van der Waals surface area contributed by atoms with Crippen LogP contribution in [0.15, 0.2) is 83.8 Å². The Balaban J connectivity index is 1.44. The molecule has 0 radical (unpaired) electrons. The van der Waals surface area contributed by atoms with Crippen LogP contribution in [0.2, 0.25) is 0 Å². The maximum absolute atomic E-state index is 13.4. The molecule has 1 aliphatic rings. The Morgan fingerprint density at radius 2 is 1.67 bits per heavy atom. The number of nitrogen functional groups attached to an aromatic ring is 1. The molecule has 0 aromatic heterocycles. The van der Waals surface area contributed by atoms with Crippen molar-refractivity contribution in [2.24, 2.45) is 5.92 Å². The van der Waals surface area contributed by atoms with E-state index in [9.17, 15) is 23.4 Å². The van der Waals surface area contributed by atoms with E-state index in [-0.39, 0.29) is 23.8 Å². The number of hydrogen-bond donors (Lipinski definition) is 5. The van der Waals surface area contributed by atoms with E-state index in [1.54, 1.807) is 0 Å². The van der Waals surface area contributed by atoms with E-state index in [0.29, 0.717) is 18.5 Å². The first-order valence-corrected chi connectivity index (χ1v) is 13.3. The Labute approximate surface area is 211 Å². The highest BCUT2D eigenvalue weighted by Gasteiger charge is 2.34. The molecule has 8 nitrogen and oxygen atoms in total. The van der Waals surface area contributed by atoms with E-state index in [0.717, 1.165) is 16.7 Å². The third-order valence-corrected chi connectivity index (χ3v) is 7.89. The van der Waals surface area contributed by atoms with Crippen LogP contribution in [0.3, 0.4) is 0 Å². The highest BCUT2D eigenvalue weighted by molar-refractivity contribution is 7.89. The van der Waals surface area contributed by atoms with E-state index >= 15 is 0 Å². The number of carbonyl (C=O) groups excluding carboxylic acids is 1. The van der Waals surface area contributed by atoms with E-state index in [2.05, 4.69) is 10.0 Å². The summed E-state index contributed by atoms with van der Waals surface area (Å²) in [4.78, 5) is 13.4. The standard InChI is InChI=1S/C27H31N3O5S/c28-21-10-12-23(13-11-21)36(34,35)29-17-22(31)15-20(14-18-6-2-1-3-7-18)27(33)30-26-24-9-5-4-8-19(24)16-25(26)32/h1-13,20,22,25-26,29,31-32H,14-17,28H2,(H,30,33)/t20-,22+,25-,26+/m1/s1. The number of aliphatic hydroxyl groups is 2. The minimum Gasteiger partial charge on any atom is -0.399 e. The topological polar surface area (TPSA) is 142 Å². The molecular weight excluding hydrogens is 478 g/mol. The molecule has 0 saturated heterocycles. The molecule has 4 atom stereocenters. The normalized spacial score (nSPS) is 18.8. The average Bonchev–Trinajstić information content (AvgIpc) is 3.18. The predicted molar refractivity (Wildman–Crippen MR) is 137 cm³/mol. The van der Waals surface area contributed by atoms with E-state index < -0.39 is 34.2 Å². The molecule has 4 rings (SSSR count). The zero-order valence-electron chi connectivity index (χ0n) is 19.7. The minimum absolute atomic E-state index is 0.0372. The van der Waals surface area contributed by atoms with Gasteiger partial charge in [-0.3, -0.25) is 4.79 Å². The Bertz CT molecular complexity index is 1280. The molecular formula is C27H31N3O5S. The lowest BCUT2D eigenvalue weighted by Crippen LogP contribution is -2.41. The molecule has 0 saturated carbocycles. The van der Waals surface area contributed by atoms with Crippen LogP contribution < -0.4 is 15.8 Å². The number of hydrogen-bond acceptors (Lipinski definition) is 6. The van der Waals surface area contributed by atoms with Crippen LogP contribution in [-0.4, -0.2) is 43.3 Å². The van der Waals surface area contributed by atoms with Crippen molar-refractivity contribution in [1.29, 1.82) is 0 Å². The molecule has 9 heteroatoms. The van der Waals surface area contributed by atoms with Crippen LogP contribution in [0, 0.1) is 5.92 Å². The zero-order valence-corrected chi connectivity index (χ0v) is 20.6. The van der Waals surface area contributed by atoms with Crippen molar-refractivity contribution in [2.75, 3.05) is 12.3 Å². The lowest BCUT2D eigenvalue weighted by Gasteiger charge is -2.24. The summed E-state index contributed by atoms with van der Waals surface area (Å²) in [5, 5.41) is 24.2. The van der Waals surface area contributed by atoms with Gasteiger partial charge in [0.25, 0.3) is 0 Å². The van der Waals surface area contributed by atoms with E-state index in [1.165, 1.54) is 24.3 Å². The van der Waals surface area contributed by atoms with Crippen molar-refractivity contribution in [3.05, 3.63) is 95.6 Å². The van der Waals surface area contributed by atoms with Gasteiger partial charge in [-0.25, -0.2) is 13.1 Å². The minimum atomic E-state index is -3.85. The van der Waals surface area contributed by atoms with Crippen LogP contribution in [-0.2, 0) is 27.7 Å². The molecule has 3 aromatic carbocycles. The number of anilines is 1. The number of nitrogens with one attached hydrogen (secondary N) is 2. The maximum atomic E-state index is 13.4. The quantitative estimate of drug-likeness (QED) is 0.265. The SMILES string of the molecule is Nc1ccc(S(=O)(=O)NC[C@@H](O)C[C@@H](Cc2ccccc2)C(=O)N[C@H]2c3ccccc3C[C@H]2O)cc1. The third kappa shape index (κ3) is 6.30. The maximum Gasteiger partial charge on any atom is 0.240 e. The van der Waals surface area contributed by atoms with Gasteiger partial charge >= 0.3 is 0 Å². The summed E-state index contributed by atoms with van der Waals surface area (Å²) in [6.07, 6.45) is -0.983. The van der Waals surface area contributed by atoms with Crippen LogP contribution in [0.5, 0.6) is 0 Å². The summed E-state index contributed by atoms with van der Waals surface area (Å²) < 4.78 is 27.5. The number of sulfonamides is 1. The fourth-order valence-electron chi connectivity index (χ4n) is 4.55. The van der Waals surface area contributed by atoms with Gasteiger partial charge in [0.2, 0.25) is 15.9 Å². The number of benzene rings is 3. The number of rotatable bonds is 10. The summed E-state index contributed by atoms with van der Waals surface area (Å²) in [5.41, 5.74) is 8.86. The first kappa shape index (κ1) is 25.8. The fourth-order valence-corrected chi connectivity index (χ4v) is 5.62. The van der Waals surface area contributed by atoms with E-state index in [1.807, 2.05) is 54.6 Å². The van der Waals surface area contributed by atoms with Gasteiger partial charge < -0.3 is 21.3 Å². The predicted octanol–water partition coefficient (Wildman–Crippen LogP) is 1.93. The monoisotopic (exact) mass is 509 g/mol. The second-order valence-electron chi connectivity index (χ2n) is 9.15. The first-order chi connectivity index (χ1) is 17.2. The van der Waals surface area contributed by atoms with Gasteiger partial charge in [0.05, 0.1) is 23.1 Å². The Morgan fingerprint density at radius 3 is 2.39 bits per heavy atom. The highest BCUT2D eigenvalue weighted by atomic mass is 32.2. The molecule has 0 bridgehead atoms. The van der Waals surface area contributed by atoms with Gasteiger partial charge in [0.15, 0.2) is 0 Å². The van der Waals surface area contributed by atoms with Crippen LogP contribution in [0.1, 0.15) is 29.2 Å². The zero-order chi connectivity index (χ0) is 25.7. The van der Waals surface area contributed by atoms with Gasteiger partial charge in [-0.05, 0) is 53.8 Å². The molecule has 0 heterocycles. The Kier molecular flexibility index (Phi) is 8.05. The van der Waals surface area contributed by atoms with Gasteiger partial charge in [-0.2, -0.15) is 0 Å². The number of amides is 1. The summed E-state index contributed by atoms with van der Waals surface area (Å²) in [7, 11) is -3.85. The number of nitrogens with two attached hydrogens (primary N) is 1. The van der Waals surface area contributed by atoms with Crippen LogP contribution >= 0.6 is 0 Å². The second-order valence-corrected chi connectivity index (χ2v) is 10.9. The summed E-state index contributed by atoms with van der Waals surface area (Å²) in [5.74, 6) is -0.941. The largest absolute Gasteiger partial charge is 0.399 e. The molecule has 0 unspecified atom stereocenters. The first-order valence-electron chi connectivity index (χ1n) is 11.9. The van der Waals surface area contributed by atoms with Crippen molar-refractivity contribution in [3.63, 3.8) is 0 Å². The molecule has 1 aliphatic carbocycles. The van der Waals surface area contributed by atoms with Crippen molar-refractivity contribution in [3.8, 4) is 0 Å². The summed E-state index contributed by atoms with van der Waals surface area (Å²) >= 11 is 0. The van der Waals surface area contributed by atoms with Crippen molar-refractivity contribution < 1.29 is 23.4 Å². The van der Waals surface area contributed by atoms with E-state index in [4.69, 9.17) is 5.73 Å². The van der Waals surface area contributed by atoms with Crippen LogP contribution in [0.25, 0.3) is 0 Å². The Morgan fingerprint density at radius 1 is 1.00 bits per heavy atom. The second kappa shape index (κ2) is 11.2. The molecule has 0 aliphatic heterocycles. The van der Waals surface area contributed by atoms with Crippen molar-refractivity contribution >= 4 is 21.6 Å². The third-order valence-electron chi connectivity index (χ3n) is 6.45. The summed E-state index contributed by atoms with van der Waals surface area (Å²) in [6.45, 7) is -0.250. The van der Waals surface area contributed by atoms with Gasteiger partial charge in [0, 0.05) is 24.6 Å². The molecule has 190 valence electrons. The van der Waals surface area contributed by atoms with Crippen molar-refractivity contribution in [2.45, 2.75) is 42.4 Å².